The predicted octanol–water partition coefficient (Wildman–Crippen LogP) is 1.96. The average molecular weight is 370 g/mol. The number of ether oxygens (including phenoxy) is 1. The standard InChI is InChI=1S/C21H26N2O4/c24-18-7-6-15-16(18)3-1-4-17(15)20(25)22-13-14-8-10-23(11-9-14)21(26)19-5-2-12-27-19/h1,3-4,14,19H,2,5-13H2,(H,22,25). The molecule has 4 rings (SSSR count). The van der Waals surface area contributed by atoms with Gasteiger partial charge in [0.2, 0.25) is 0 Å². The van der Waals surface area contributed by atoms with Crippen molar-refractivity contribution in [3.8, 4) is 0 Å². The van der Waals surface area contributed by atoms with E-state index in [1.165, 1.54) is 0 Å². The molecule has 0 saturated carbocycles. The molecule has 0 radical (unpaired) electrons. The van der Waals surface area contributed by atoms with Crippen LogP contribution < -0.4 is 5.32 Å². The number of amides is 2. The van der Waals surface area contributed by atoms with E-state index in [0.29, 0.717) is 43.0 Å². The molecule has 0 aromatic heterocycles. The minimum Gasteiger partial charge on any atom is -0.368 e. The summed E-state index contributed by atoms with van der Waals surface area (Å²) < 4.78 is 5.49. The zero-order chi connectivity index (χ0) is 18.8. The van der Waals surface area contributed by atoms with Crippen LogP contribution in [-0.4, -0.2) is 54.8 Å². The molecular formula is C21H26N2O4. The van der Waals surface area contributed by atoms with E-state index in [0.717, 1.165) is 44.3 Å². The molecule has 1 aromatic carbocycles. The quantitative estimate of drug-likeness (QED) is 0.879. The fraction of sp³-hybridized carbons (Fsp3) is 0.571. The van der Waals surface area contributed by atoms with E-state index in [2.05, 4.69) is 5.32 Å². The van der Waals surface area contributed by atoms with E-state index < -0.39 is 0 Å². The number of piperidine rings is 1. The Morgan fingerprint density at radius 3 is 2.70 bits per heavy atom. The highest BCUT2D eigenvalue weighted by Crippen LogP contribution is 2.26. The SMILES string of the molecule is O=C1CCc2c1cccc2C(=O)NCC1CCN(C(=O)C2CCCO2)CC1. The molecular weight excluding hydrogens is 344 g/mol. The average Bonchev–Trinajstić information content (AvgIpc) is 3.36. The smallest absolute Gasteiger partial charge is 0.251 e. The van der Waals surface area contributed by atoms with Crippen LogP contribution in [0.4, 0.5) is 0 Å². The number of benzene rings is 1. The number of hydrogen-bond acceptors (Lipinski definition) is 4. The molecule has 0 spiro atoms. The maximum atomic E-state index is 12.6. The first kappa shape index (κ1) is 18.2. The van der Waals surface area contributed by atoms with Crippen LogP contribution in [0, 0.1) is 5.92 Å². The Kier molecular flexibility index (Phi) is 5.25. The van der Waals surface area contributed by atoms with Gasteiger partial charge in [0.05, 0.1) is 0 Å². The number of likely N-dealkylation sites (tertiary alicyclic amines) is 1. The van der Waals surface area contributed by atoms with Crippen molar-refractivity contribution in [3.05, 3.63) is 34.9 Å². The van der Waals surface area contributed by atoms with E-state index in [-0.39, 0.29) is 23.7 Å². The van der Waals surface area contributed by atoms with Crippen molar-refractivity contribution in [3.63, 3.8) is 0 Å². The van der Waals surface area contributed by atoms with Crippen LogP contribution in [0.1, 0.15) is 58.4 Å². The van der Waals surface area contributed by atoms with Crippen molar-refractivity contribution < 1.29 is 19.1 Å². The highest BCUT2D eigenvalue weighted by atomic mass is 16.5. The first-order valence-electron chi connectivity index (χ1n) is 9.97. The van der Waals surface area contributed by atoms with Crippen molar-refractivity contribution >= 4 is 17.6 Å². The van der Waals surface area contributed by atoms with E-state index in [1.807, 2.05) is 11.0 Å². The minimum atomic E-state index is -0.246. The molecule has 1 aromatic rings. The molecule has 6 heteroatoms. The van der Waals surface area contributed by atoms with E-state index in [4.69, 9.17) is 4.74 Å². The molecule has 27 heavy (non-hydrogen) atoms. The monoisotopic (exact) mass is 370 g/mol. The molecule has 2 amide bonds. The molecule has 1 unspecified atom stereocenters. The van der Waals surface area contributed by atoms with Crippen molar-refractivity contribution in [2.45, 2.75) is 44.6 Å². The van der Waals surface area contributed by atoms with Gasteiger partial charge in [0.25, 0.3) is 11.8 Å². The topological polar surface area (TPSA) is 75.7 Å². The molecule has 2 fully saturated rings. The molecule has 6 nitrogen and oxygen atoms in total. The van der Waals surface area contributed by atoms with Crippen LogP contribution in [0.15, 0.2) is 18.2 Å². The fourth-order valence-electron chi connectivity index (χ4n) is 4.37. The van der Waals surface area contributed by atoms with Crippen LogP contribution in [0.25, 0.3) is 0 Å². The molecule has 1 atom stereocenters. The Labute approximate surface area is 159 Å². The summed E-state index contributed by atoms with van der Waals surface area (Å²) in [7, 11) is 0. The Morgan fingerprint density at radius 1 is 1.15 bits per heavy atom. The van der Waals surface area contributed by atoms with Gasteiger partial charge in [0.15, 0.2) is 5.78 Å². The summed E-state index contributed by atoms with van der Waals surface area (Å²) in [6.07, 6.45) is 4.49. The van der Waals surface area contributed by atoms with Gasteiger partial charge in [-0.1, -0.05) is 12.1 Å². The van der Waals surface area contributed by atoms with Gasteiger partial charge in [0, 0.05) is 43.8 Å². The zero-order valence-electron chi connectivity index (χ0n) is 15.5. The summed E-state index contributed by atoms with van der Waals surface area (Å²) in [6.45, 7) is 2.76. The highest BCUT2D eigenvalue weighted by Gasteiger charge is 2.31. The lowest BCUT2D eigenvalue weighted by Crippen LogP contribution is -2.45. The number of Topliss-reactive ketones (excluding diaryl/α,β-unsaturated/α-hetero) is 1. The molecule has 1 aliphatic carbocycles. The van der Waals surface area contributed by atoms with Crippen LogP contribution in [0.3, 0.4) is 0 Å². The fourth-order valence-corrected chi connectivity index (χ4v) is 4.37. The second kappa shape index (κ2) is 7.80. The first-order valence-corrected chi connectivity index (χ1v) is 9.97. The van der Waals surface area contributed by atoms with E-state index in [1.54, 1.807) is 12.1 Å². The van der Waals surface area contributed by atoms with Gasteiger partial charge in [-0.05, 0) is 49.7 Å². The van der Waals surface area contributed by atoms with Crippen LogP contribution in [0.2, 0.25) is 0 Å². The number of rotatable bonds is 4. The van der Waals surface area contributed by atoms with Crippen molar-refractivity contribution in [1.29, 1.82) is 0 Å². The number of hydrogen-bond donors (Lipinski definition) is 1. The third kappa shape index (κ3) is 3.76. The van der Waals surface area contributed by atoms with Crippen LogP contribution >= 0.6 is 0 Å². The third-order valence-electron chi connectivity index (χ3n) is 6.01. The van der Waals surface area contributed by atoms with Crippen LogP contribution in [0.5, 0.6) is 0 Å². The number of carbonyl (C=O) groups is 3. The lowest BCUT2D eigenvalue weighted by atomic mass is 9.95. The van der Waals surface area contributed by atoms with Gasteiger partial charge >= 0.3 is 0 Å². The highest BCUT2D eigenvalue weighted by molar-refractivity contribution is 6.05. The molecule has 0 bridgehead atoms. The minimum absolute atomic E-state index is 0.0978. The van der Waals surface area contributed by atoms with Crippen molar-refractivity contribution in [1.82, 2.24) is 10.2 Å². The summed E-state index contributed by atoms with van der Waals surface area (Å²) in [5.74, 6) is 0.530. The van der Waals surface area contributed by atoms with Crippen molar-refractivity contribution in [2.75, 3.05) is 26.2 Å². The number of carbonyl (C=O) groups excluding carboxylic acids is 3. The summed E-state index contributed by atoms with van der Waals surface area (Å²) >= 11 is 0. The normalized spacial score (nSPS) is 22.7. The Bertz CT molecular complexity index is 747. The lowest BCUT2D eigenvalue weighted by molar-refractivity contribution is -0.142. The molecule has 144 valence electrons. The van der Waals surface area contributed by atoms with Gasteiger partial charge in [-0.25, -0.2) is 0 Å². The summed E-state index contributed by atoms with van der Waals surface area (Å²) in [4.78, 5) is 38.8. The second-order valence-electron chi connectivity index (χ2n) is 7.74. The molecule has 2 saturated heterocycles. The van der Waals surface area contributed by atoms with Gasteiger partial charge in [-0.2, -0.15) is 0 Å². The largest absolute Gasteiger partial charge is 0.368 e. The maximum Gasteiger partial charge on any atom is 0.251 e. The lowest BCUT2D eigenvalue weighted by Gasteiger charge is -2.33. The maximum absolute atomic E-state index is 12.6. The number of nitrogens with zero attached hydrogens (tertiary/aromatic N) is 1. The summed E-state index contributed by atoms with van der Waals surface area (Å²) in [6, 6.07) is 5.39. The number of ketones is 1. The Balaban J connectivity index is 1.27. The zero-order valence-corrected chi connectivity index (χ0v) is 15.5. The molecule has 1 N–H and O–H groups in total. The van der Waals surface area contributed by atoms with Gasteiger partial charge < -0.3 is 15.0 Å². The summed E-state index contributed by atoms with van der Waals surface area (Å²) in [5, 5.41) is 3.03. The second-order valence-corrected chi connectivity index (χ2v) is 7.74. The van der Waals surface area contributed by atoms with Gasteiger partial charge in [0.1, 0.15) is 6.10 Å². The molecule has 3 aliphatic rings. The Morgan fingerprint density at radius 2 is 1.96 bits per heavy atom. The van der Waals surface area contributed by atoms with Gasteiger partial charge in [-0.3, -0.25) is 14.4 Å². The number of fused-ring (bicyclic) bond motifs is 1. The first-order chi connectivity index (χ1) is 13.1. The number of nitrogens with one attached hydrogen (secondary N) is 1. The van der Waals surface area contributed by atoms with E-state index in [9.17, 15) is 14.4 Å². The molecule has 2 heterocycles. The van der Waals surface area contributed by atoms with Gasteiger partial charge in [-0.15, -0.1) is 0 Å². The van der Waals surface area contributed by atoms with Crippen LogP contribution in [-0.2, 0) is 16.0 Å². The predicted molar refractivity (Wildman–Crippen MR) is 99.7 cm³/mol. The third-order valence-corrected chi connectivity index (χ3v) is 6.01. The Hall–Kier alpha value is -2.21. The summed E-state index contributed by atoms with van der Waals surface area (Å²) in [5.41, 5.74) is 2.21. The molecule has 2 aliphatic heterocycles. The van der Waals surface area contributed by atoms with Crippen molar-refractivity contribution in [2.24, 2.45) is 5.92 Å². The van der Waals surface area contributed by atoms with E-state index >= 15 is 0 Å².